The predicted octanol–water partition coefficient (Wildman–Crippen LogP) is 2.29. The SMILES string of the molecule is Cc1nc(N2CCC(Nc3ncc(C#N)cn3)C2)c2ccccc2n1. The number of aromatic nitrogens is 4. The standard InChI is InChI=1S/C18H17N7/c1-12-22-16-5-3-2-4-15(16)17(23-12)25-7-6-14(11-25)24-18-20-9-13(8-19)10-21-18/h2-5,9-10,14H,6-7,11H2,1H3,(H,20,21,24). The van der Waals surface area contributed by atoms with Crippen molar-refractivity contribution in [2.75, 3.05) is 23.3 Å². The second-order valence-electron chi connectivity index (χ2n) is 6.09. The number of aryl methyl sites for hydroxylation is 1. The summed E-state index contributed by atoms with van der Waals surface area (Å²) in [5, 5.41) is 13.2. The zero-order valence-corrected chi connectivity index (χ0v) is 13.8. The lowest BCUT2D eigenvalue weighted by molar-refractivity contribution is 0.791. The van der Waals surface area contributed by atoms with E-state index in [-0.39, 0.29) is 6.04 Å². The lowest BCUT2D eigenvalue weighted by Crippen LogP contribution is -2.27. The molecule has 1 N–H and O–H groups in total. The normalized spacial score (nSPS) is 16.8. The van der Waals surface area contributed by atoms with Crippen LogP contribution >= 0.6 is 0 Å². The van der Waals surface area contributed by atoms with E-state index in [0.29, 0.717) is 11.5 Å². The van der Waals surface area contributed by atoms with Crippen LogP contribution in [0.3, 0.4) is 0 Å². The first-order valence-corrected chi connectivity index (χ1v) is 8.20. The van der Waals surface area contributed by atoms with Gasteiger partial charge in [0.05, 0.1) is 23.5 Å². The molecule has 0 spiro atoms. The zero-order valence-electron chi connectivity index (χ0n) is 13.8. The average molecular weight is 331 g/mol. The largest absolute Gasteiger partial charge is 0.354 e. The summed E-state index contributed by atoms with van der Waals surface area (Å²) in [5.74, 6) is 2.31. The Morgan fingerprint density at radius 3 is 2.80 bits per heavy atom. The van der Waals surface area contributed by atoms with Crippen LogP contribution in [0.4, 0.5) is 11.8 Å². The van der Waals surface area contributed by atoms with Crippen LogP contribution in [0, 0.1) is 18.3 Å². The number of para-hydroxylation sites is 1. The molecule has 3 aromatic rings. The molecule has 7 nitrogen and oxygen atoms in total. The summed E-state index contributed by atoms with van der Waals surface area (Å²) in [6.07, 6.45) is 4.04. The van der Waals surface area contributed by atoms with E-state index < -0.39 is 0 Å². The molecule has 124 valence electrons. The summed E-state index contributed by atoms with van der Waals surface area (Å²) in [7, 11) is 0. The van der Waals surface area contributed by atoms with Gasteiger partial charge in [-0.1, -0.05) is 12.1 Å². The van der Waals surface area contributed by atoms with E-state index in [0.717, 1.165) is 42.1 Å². The molecule has 25 heavy (non-hydrogen) atoms. The number of nitrogens with zero attached hydrogens (tertiary/aromatic N) is 6. The minimum absolute atomic E-state index is 0.238. The summed E-state index contributed by atoms with van der Waals surface area (Å²) >= 11 is 0. The highest BCUT2D eigenvalue weighted by atomic mass is 15.3. The van der Waals surface area contributed by atoms with Gasteiger partial charge in [0.2, 0.25) is 5.95 Å². The number of hydrogen-bond acceptors (Lipinski definition) is 7. The van der Waals surface area contributed by atoms with Crippen molar-refractivity contribution in [1.82, 2.24) is 19.9 Å². The van der Waals surface area contributed by atoms with Crippen molar-refractivity contribution in [3.8, 4) is 6.07 Å². The molecular formula is C18H17N7. The Balaban J connectivity index is 1.53. The predicted molar refractivity (Wildman–Crippen MR) is 95.3 cm³/mol. The molecule has 0 amide bonds. The maximum Gasteiger partial charge on any atom is 0.222 e. The maximum absolute atomic E-state index is 8.81. The smallest absolute Gasteiger partial charge is 0.222 e. The van der Waals surface area contributed by atoms with Crippen LogP contribution in [0.2, 0.25) is 0 Å². The quantitative estimate of drug-likeness (QED) is 0.787. The molecule has 1 aliphatic rings. The van der Waals surface area contributed by atoms with Crippen molar-refractivity contribution >= 4 is 22.7 Å². The number of anilines is 2. The van der Waals surface area contributed by atoms with Crippen molar-refractivity contribution in [2.45, 2.75) is 19.4 Å². The van der Waals surface area contributed by atoms with E-state index in [4.69, 9.17) is 5.26 Å². The first kappa shape index (κ1) is 15.3. The van der Waals surface area contributed by atoms with Crippen molar-refractivity contribution < 1.29 is 0 Å². The van der Waals surface area contributed by atoms with Crippen molar-refractivity contribution in [3.05, 3.63) is 48.0 Å². The highest BCUT2D eigenvalue weighted by Gasteiger charge is 2.25. The topological polar surface area (TPSA) is 90.6 Å². The molecule has 0 aliphatic carbocycles. The van der Waals surface area contributed by atoms with Gasteiger partial charge in [-0.3, -0.25) is 0 Å². The summed E-state index contributed by atoms with van der Waals surface area (Å²) in [4.78, 5) is 19.8. The third kappa shape index (κ3) is 3.06. The van der Waals surface area contributed by atoms with Gasteiger partial charge in [0.1, 0.15) is 17.7 Å². The highest BCUT2D eigenvalue weighted by molar-refractivity contribution is 5.89. The van der Waals surface area contributed by atoms with Gasteiger partial charge in [0.25, 0.3) is 0 Å². The van der Waals surface area contributed by atoms with Gasteiger partial charge < -0.3 is 10.2 Å². The molecule has 1 aliphatic heterocycles. The fourth-order valence-corrected chi connectivity index (χ4v) is 3.13. The van der Waals surface area contributed by atoms with E-state index in [2.05, 4.69) is 36.2 Å². The molecule has 0 radical (unpaired) electrons. The molecule has 1 fully saturated rings. The number of rotatable bonds is 3. The monoisotopic (exact) mass is 331 g/mol. The molecule has 1 unspecified atom stereocenters. The molecule has 1 saturated heterocycles. The fraction of sp³-hybridized carbons (Fsp3) is 0.278. The molecule has 1 aromatic carbocycles. The van der Waals surface area contributed by atoms with E-state index >= 15 is 0 Å². The lowest BCUT2D eigenvalue weighted by Gasteiger charge is -2.20. The Kier molecular flexibility index (Phi) is 3.86. The first-order valence-electron chi connectivity index (χ1n) is 8.20. The van der Waals surface area contributed by atoms with E-state index in [9.17, 15) is 0 Å². The van der Waals surface area contributed by atoms with Crippen LogP contribution in [-0.2, 0) is 0 Å². The Hall–Kier alpha value is -3.27. The summed E-state index contributed by atoms with van der Waals surface area (Å²) in [5.41, 5.74) is 1.43. The van der Waals surface area contributed by atoms with E-state index in [1.54, 1.807) is 0 Å². The Morgan fingerprint density at radius 2 is 2.00 bits per heavy atom. The molecule has 0 saturated carbocycles. The minimum atomic E-state index is 0.238. The van der Waals surface area contributed by atoms with Crippen LogP contribution in [-0.4, -0.2) is 39.1 Å². The number of benzene rings is 1. The average Bonchev–Trinajstić information content (AvgIpc) is 3.10. The van der Waals surface area contributed by atoms with E-state index in [1.807, 2.05) is 31.2 Å². The van der Waals surface area contributed by atoms with Crippen LogP contribution < -0.4 is 10.2 Å². The van der Waals surface area contributed by atoms with Gasteiger partial charge in [-0.25, -0.2) is 19.9 Å². The number of hydrogen-bond donors (Lipinski definition) is 1. The van der Waals surface area contributed by atoms with Crippen LogP contribution in [0.25, 0.3) is 10.9 Å². The number of nitrogens with one attached hydrogen (secondary N) is 1. The van der Waals surface area contributed by atoms with Crippen LogP contribution in [0.1, 0.15) is 17.8 Å². The maximum atomic E-state index is 8.81. The Bertz CT molecular complexity index is 946. The molecule has 1 atom stereocenters. The molecular weight excluding hydrogens is 314 g/mol. The zero-order chi connectivity index (χ0) is 17.2. The second-order valence-corrected chi connectivity index (χ2v) is 6.09. The molecule has 4 rings (SSSR count). The molecule has 3 heterocycles. The summed E-state index contributed by atoms with van der Waals surface area (Å²) in [6, 6.07) is 10.4. The van der Waals surface area contributed by atoms with Gasteiger partial charge in [0, 0.05) is 24.5 Å². The number of nitriles is 1. The first-order chi connectivity index (χ1) is 12.2. The molecule has 7 heteroatoms. The van der Waals surface area contributed by atoms with Gasteiger partial charge in [-0.2, -0.15) is 5.26 Å². The Morgan fingerprint density at radius 1 is 1.20 bits per heavy atom. The Labute approximate surface area is 145 Å². The van der Waals surface area contributed by atoms with Crippen LogP contribution in [0.15, 0.2) is 36.7 Å². The van der Waals surface area contributed by atoms with Gasteiger partial charge in [-0.05, 0) is 25.5 Å². The third-order valence-corrected chi connectivity index (χ3v) is 4.30. The second kappa shape index (κ2) is 6.32. The number of fused-ring (bicyclic) bond motifs is 1. The molecule has 2 aromatic heterocycles. The fourth-order valence-electron chi connectivity index (χ4n) is 3.13. The highest BCUT2D eigenvalue weighted by Crippen LogP contribution is 2.27. The van der Waals surface area contributed by atoms with Gasteiger partial charge in [-0.15, -0.1) is 0 Å². The van der Waals surface area contributed by atoms with Crippen molar-refractivity contribution in [1.29, 1.82) is 5.26 Å². The summed E-state index contributed by atoms with van der Waals surface area (Å²) in [6.45, 7) is 3.66. The van der Waals surface area contributed by atoms with Crippen LogP contribution in [0.5, 0.6) is 0 Å². The third-order valence-electron chi connectivity index (χ3n) is 4.30. The van der Waals surface area contributed by atoms with Gasteiger partial charge >= 0.3 is 0 Å². The molecule has 0 bridgehead atoms. The van der Waals surface area contributed by atoms with Crippen molar-refractivity contribution in [3.63, 3.8) is 0 Å². The van der Waals surface area contributed by atoms with Gasteiger partial charge in [0.15, 0.2) is 0 Å². The van der Waals surface area contributed by atoms with E-state index in [1.165, 1.54) is 12.4 Å². The lowest BCUT2D eigenvalue weighted by atomic mass is 10.2. The van der Waals surface area contributed by atoms with Crippen molar-refractivity contribution in [2.24, 2.45) is 0 Å². The minimum Gasteiger partial charge on any atom is -0.354 e. The summed E-state index contributed by atoms with van der Waals surface area (Å²) < 4.78 is 0.